The molecule has 6 nitrogen and oxygen atoms in total. The lowest BCUT2D eigenvalue weighted by Crippen LogP contribution is -2.47. The van der Waals surface area contributed by atoms with Gasteiger partial charge in [-0.2, -0.15) is 0 Å². The summed E-state index contributed by atoms with van der Waals surface area (Å²) in [6.45, 7) is 3.40. The van der Waals surface area contributed by atoms with E-state index in [2.05, 4.69) is 4.74 Å². The summed E-state index contributed by atoms with van der Waals surface area (Å²) >= 11 is 0. The number of carbonyl (C=O) groups is 1. The minimum atomic E-state index is -3.13. The summed E-state index contributed by atoms with van der Waals surface area (Å²) in [4.78, 5) is 11.2. The van der Waals surface area contributed by atoms with Crippen LogP contribution in [0, 0.1) is 0 Å². The van der Waals surface area contributed by atoms with Gasteiger partial charge in [0.2, 0.25) is 0 Å². The van der Waals surface area contributed by atoms with Crippen LogP contribution in [0.3, 0.4) is 0 Å². The second-order valence-corrected chi connectivity index (χ2v) is 7.17. The maximum atomic E-state index is 11.3. The molecule has 0 radical (unpaired) electrons. The monoisotopic (exact) mass is 280 g/mol. The van der Waals surface area contributed by atoms with E-state index in [4.69, 9.17) is 9.47 Å². The number of ether oxygens (including phenoxy) is 3. The predicted octanol–water partition coefficient (Wildman–Crippen LogP) is 0.504. The van der Waals surface area contributed by atoms with E-state index in [1.165, 1.54) is 7.11 Å². The zero-order valence-corrected chi connectivity index (χ0v) is 12.0. The van der Waals surface area contributed by atoms with Crippen LogP contribution in [0.4, 0.5) is 0 Å². The Morgan fingerprint density at radius 3 is 2.39 bits per heavy atom. The molecule has 1 rings (SSSR count). The van der Waals surface area contributed by atoms with E-state index in [9.17, 15) is 13.2 Å². The van der Waals surface area contributed by atoms with E-state index in [1.807, 2.05) is 0 Å². The van der Waals surface area contributed by atoms with Gasteiger partial charge in [-0.3, -0.25) is 4.79 Å². The van der Waals surface area contributed by atoms with Gasteiger partial charge in [0.1, 0.15) is 9.84 Å². The number of methoxy groups -OCH3 is 1. The summed E-state index contributed by atoms with van der Waals surface area (Å²) in [6, 6.07) is 0. The Bertz CT molecular complexity index is 400. The molecule has 1 saturated heterocycles. The normalized spacial score (nSPS) is 27.8. The largest absolute Gasteiger partial charge is 0.469 e. The van der Waals surface area contributed by atoms with Gasteiger partial charge in [-0.05, 0) is 13.8 Å². The van der Waals surface area contributed by atoms with Gasteiger partial charge < -0.3 is 14.2 Å². The van der Waals surface area contributed by atoms with Crippen molar-refractivity contribution in [3.8, 4) is 0 Å². The molecule has 0 bridgehead atoms. The zero-order valence-electron chi connectivity index (χ0n) is 11.1. The molecule has 1 heterocycles. The molecule has 2 atom stereocenters. The Kier molecular flexibility index (Phi) is 4.74. The molecule has 1 aliphatic rings. The maximum absolute atomic E-state index is 11.3. The van der Waals surface area contributed by atoms with E-state index in [1.54, 1.807) is 13.8 Å². The van der Waals surface area contributed by atoms with Crippen molar-refractivity contribution in [3.63, 3.8) is 0 Å². The molecule has 18 heavy (non-hydrogen) atoms. The molecular formula is C11H20O6S. The third-order valence-corrected chi connectivity index (χ3v) is 3.51. The second kappa shape index (κ2) is 5.54. The number of hydrogen-bond donors (Lipinski definition) is 0. The first-order valence-electron chi connectivity index (χ1n) is 5.71. The second-order valence-electron chi connectivity index (χ2n) is 4.99. The standard InChI is InChI=1S/C11H20O6S/c1-11(2)16-8(6-10(12)15-3)5-9(17-11)7-18(4,13)14/h8-9H,5-7H2,1-4H3. The summed E-state index contributed by atoms with van der Waals surface area (Å²) in [5.74, 6) is -1.35. The highest BCUT2D eigenvalue weighted by atomic mass is 32.2. The van der Waals surface area contributed by atoms with Crippen molar-refractivity contribution >= 4 is 15.8 Å². The van der Waals surface area contributed by atoms with E-state index >= 15 is 0 Å². The third-order valence-electron chi connectivity index (χ3n) is 2.54. The molecule has 0 spiro atoms. The molecule has 0 aromatic carbocycles. The van der Waals surface area contributed by atoms with Gasteiger partial charge in [0.05, 0.1) is 31.5 Å². The summed E-state index contributed by atoms with van der Waals surface area (Å²) in [5.41, 5.74) is 0. The van der Waals surface area contributed by atoms with Gasteiger partial charge in [-0.15, -0.1) is 0 Å². The fourth-order valence-electron chi connectivity index (χ4n) is 2.05. The fourth-order valence-corrected chi connectivity index (χ4v) is 2.93. The van der Waals surface area contributed by atoms with Crippen LogP contribution < -0.4 is 0 Å². The maximum Gasteiger partial charge on any atom is 0.308 e. The van der Waals surface area contributed by atoms with Crippen LogP contribution in [0.5, 0.6) is 0 Å². The van der Waals surface area contributed by atoms with E-state index < -0.39 is 21.7 Å². The van der Waals surface area contributed by atoms with Crippen LogP contribution in [-0.4, -0.2) is 51.5 Å². The Morgan fingerprint density at radius 2 is 1.89 bits per heavy atom. The first-order chi connectivity index (χ1) is 8.11. The minimum absolute atomic E-state index is 0.0720. The highest BCUT2D eigenvalue weighted by Gasteiger charge is 2.37. The summed E-state index contributed by atoms with van der Waals surface area (Å²) in [5, 5.41) is 0. The number of carbonyl (C=O) groups excluding carboxylic acids is 1. The number of hydrogen-bond acceptors (Lipinski definition) is 6. The van der Waals surface area contributed by atoms with Crippen molar-refractivity contribution in [2.24, 2.45) is 0 Å². The summed E-state index contributed by atoms with van der Waals surface area (Å²) in [6.07, 6.45) is 0.787. The Labute approximate surface area is 108 Å². The van der Waals surface area contributed by atoms with Crippen LogP contribution in [0.25, 0.3) is 0 Å². The van der Waals surface area contributed by atoms with Crippen molar-refractivity contribution in [3.05, 3.63) is 0 Å². The van der Waals surface area contributed by atoms with Crippen molar-refractivity contribution in [2.75, 3.05) is 19.1 Å². The molecule has 0 aromatic heterocycles. The number of rotatable bonds is 4. The molecule has 0 amide bonds. The Hall–Kier alpha value is -0.660. The number of esters is 1. The average Bonchev–Trinajstić information content (AvgIpc) is 2.11. The van der Waals surface area contributed by atoms with E-state index in [0.717, 1.165) is 6.26 Å². The first kappa shape index (κ1) is 15.4. The molecule has 106 valence electrons. The van der Waals surface area contributed by atoms with Crippen molar-refractivity contribution < 1.29 is 27.4 Å². The minimum Gasteiger partial charge on any atom is -0.469 e. The Balaban J connectivity index is 2.69. The topological polar surface area (TPSA) is 78.9 Å². The molecule has 0 aliphatic carbocycles. The smallest absolute Gasteiger partial charge is 0.308 e. The molecule has 7 heteroatoms. The highest BCUT2D eigenvalue weighted by Crippen LogP contribution is 2.29. The van der Waals surface area contributed by atoms with Crippen LogP contribution in [0.2, 0.25) is 0 Å². The quantitative estimate of drug-likeness (QED) is 0.698. The average molecular weight is 280 g/mol. The fraction of sp³-hybridized carbons (Fsp3) is 0.909. The lowest BCUT2D eigenvalue weighted by atomic mass is 10.1. The van der Waals surface area contributed by atoms with E-state index in [-0.39, 0.29) is 24.2 Å². The first-order valence-corrected chi connectivity index (χ1v) is 7.77. The van der Waals surface area contributed by atoms with Gasteiger partial charge in [-0.1, -0.05) is 0 Å². The third kappa shape index (κ3) is 5.32. The van der Waals surface area contributed by atoms with Gasteiger partial charge in [-0.25, -0.2) is 8.42 Å². The van der Waals surface area contributed by atoms with Crippen molar-refractivity contribution in [1.82, 2.24) is 0 Å². The zero-order chi connectivity index (χ0) is 14.0. The van der Waals surface area contributed by atoms with Crippen LogP contribution >= 0.6 is 0 Å². The lowest BCUT2D eigenvalue weighted by molar-refractivity contribution is -0.295. The lowest BCUT2D eigenvalue weighted by Gasteiger charge is -2.40. The molecule has 1 aliphatic heterocycles. The van der Waals surface area contributed by atoms with Gasteiger partial charge in [0, 0.05) is 12.7 Å². The Morgan fingerprint density at radius 1 is 1.33 bits per heavy atom. The van der Waals surface area contributed by atoms with Crippen molar-refractivity contribution in [2.45, 2.75) is 44.7 Å². The van der Waals surface area contributed by atoms with Gasteiger partial charge in [0.25, 0.3) is 0 Å². The van der Waals surface area contributed by atoms with Gasteiger partial charge >= 0.3 is 5.97 Å². The molecule has 1 fully saturated rings. The SMILES string of the molecule is COC(=O)CC1CC(CS(C)(=O)=O)OC(C)(C)O1. The molecule has 2 unspecified atom stereocenters. The van der Waals surface area contributed by atoms with E-state index in [0.29, 0.717) is 6.42 Å². The highest BCUT2D eigenvalue weighted by molar-refractivity contribution is 7.90. The molecule has 0 N–H and O–H groups in total. The number of sulfone groups is 1. The molecule has 0 aromatic rings. The molecule has 0 saturated carbocycles. The summed E-state index contributed by atoms with van der Waals surface area (Å²) < 4.78 is 38.3. The van der Waals surface area contributed by atoms with Crippen molar-refractivity contribution in [1.29, 1.82) is 0 Å². The van der Waals surface area contributed by atoms with Gasteiger partial charge in [0.15, 0.2) is 5.79 Å². The predicted molar refractivity (Wildman–Crippen MR) is 64.8 cm³/mol. The van der Waals surface area contributed by atoms with Crippen LogP contribution in [0.15, 0.2) is 0 Å². The summed E-state index contributed by atoms with van der Waals surface area (Å²) in [7, 11) is -1.82. The van der Waals surface area contributed by atoms with Crippen LogP contribution in [-0.2, 0) is 28.8 Å². The molecular weight excluding hydrogens is 260 g/mol. The van der Waals surface area contributed by atoms with Crippen LogP contribution in [0.1, 0.15) is 26.7 Å².